The Morgan fingerprint density at radius 2 is 2.15 bits per heavy atom. The molecule has 0 unspecified atom stereocenters. The van der Waals surface area contributed by atoms with Crippen molar-refractivity contribution in [2.24, 2.45) is 5.73 Å². The molecule has 1 aromatic rings. The van der Waals surface area contributed by atoms with Crippen LogP contribution in [-0.2, 0) is 16.1 Å². The highest BCUT2D eigenvalue weighted by Gasteiger charge is 2.01. The van der Waals surface area contributed by atoms with Gasteiger partial charge in [0, 0.05) is 20.1 Å². The fourth-order valence-corrected chi connectivity index (χ4v) is 1.54. The minimum atomic E-state index is 0. The van der Waals surface area contributed by atoms with Crippen LogP contribution in [0.4, 0.5) is 0 Å². The number of carbonyl (C=O) groups excluding carboxylic acids is 1. The third-order valence-corrected chi connectivity index (χ3v) is 2.55. The average molecular weight is 303 g/mol. The summed E-state index contributed by atoms with van der Waals surface area (Å²) in [6, 6.07) is 7.66. The van der Waals surface area contributed by atoms with E-state index in [4.69, 9.17) is 15.2 Å². The zero-order valence-corrected chi connectivity index (χ0v) is 12.6. The zero-order valence-electron chi connectivity index (χ0n) is 11.8. The van der Waals surface area contributed by atoms with E-state index in [0.29, 0.717) is 39.1 Å². The van der Waals surface area contributed by atoms with Gasteiger partial charge in [0.1, 0.15) is 12.4 Å². The topological polar surface area (TPSA) is 73.6 Å². The third kappa shape index (κ3) is 7.99. The Morgan fingerprint density at radius 1 is 1.35 bits per heavy atom. The summed E-state index contributed by atoms with van der Waals surface area (Å²) in [5.41, 5.74) is 6.37. The molecule has 0 aromatic heterocycles. The lowest BCUT2D eigenvalue weighted by atomic mass is 10.2. The summed E-state index contributed by atoms with van der Waals surface area (Å²) < 4.78 is 10.4. The molecule has 0 aliphatic heterocycles. The molecule has 0 fully saturated rings. The normalized spacial score (nSPS) is 9.70. The number of hydrogen-bond donors (Lipinski definition) is 2. The molecule has 0 saturated carbocycles. The van der Waals surface area contributed by atoms with Gasteiger partial charge in [-0.25, -0.2) is 0 Å². The monoisotopic (exact) mass is 302 g/mol. The van der Waals surface area contributed by atoms with Gasteiger partial charge in [0.05, 0.1) is 6.61 Å². The predicted octanol–water partition coefficient (Wildman–Crippen LogP) is 1.49. The van der Waals surface area contributed by atoms with Crippen molar-refractivity contribution >= 4 is 18.3 Å². The van der Waals surface area contributed by atoms with Crippen LogP contribution < -0.4 is 15.8 Å². The summed E-state index contributed by atoms with van der Waals surface area (Å²) in [4.78, 5) is 11.5. The van der Waals surface area contributed by atoms with Crippen molar-refractivity contribution in [3.8, 4) is 5.75 Å². The first kappa shape index (κ1) is 18.7. The Kier molecular flexibility index (Phi) is 10.8. The van der Waals surface area contributed by atoms with E-state index in [-0.39, 0.29) is 18.3 Å². The number of methoxy groups -OCH3 is 1. The maximum absolute atomic E-state index is 11.5. The molecule has 3 N–H and O–H groups in total. The second-order valence-electron chi connectivity index (χ2n) is 4.16. The van der Waals surface area contributed by atoms with Crippen LogP contribution in [0.3, 0.4) is 0 Å². The maximum Gasteiger partial charge on any atom is 0.220 e. The highest BCUT2D eigenvalue weighted by atomic mass is 35.5. The zero-order chi connectivity index (χ0) is 13.9. The van der Waals surface area contributed by atoms with E-state index in [1.807, 2.05) is 24.3 Å². The van der Waals surface area contributed by atoms with Crippen LogP contribution in [0.2, 0.25) is 0 Å². The molecule has 114 valence electrons. The van der Waals surface area contributed by atoms with Crippen LogP contribution in [0.15, 0.2) is 24.3 Å². The first-order chi connectivity index (χ1) is 9.26. The number of benzene rings is 1. The van der Waals surface area contributed by atoms with Gasteiger partial charge in [-0.1, -0.05) is 12.1 Å². The van der Waals surface area contributed by atoms with Gasteiger partial charge >= 0.3 is 0 Å². The number of nitrogens with one attached hydrogen (secondary N) is 1. The molecule has 1 aromatic carbocycles. The molecule has 0 radical (unpaired) electrons. The van der Waals surface area contributed by atoms with Crippen molar-refractivity contribution in [2.75, 3.05) is 26.9 Å². The van der Waals surface area contributed by atoms with Gasteiger partial charge in [-0.05, 0) is 30.7 Å². The predicted molar refractivity (Wildman–Crippen MR) is 81.2 cm³/mol. The number of nitrogens with two attached hydrogens (primary N) is 1. The molecule has 0 bridgehead atoms. The summed E-state index contributed by atoms with van der Waals surface area (Å²) in [5, 5.41) is 2.85. The Labute approximate surface area is 126 Å². The minimum Gasteiger partial charge on any atom is -0.491 e. The Morgan fingerprint density at radius 3 is 2.85 bits per heavy atom. The van der Waals surface area contributed by atoms with Crippen molar-refractivity contribution in [1.82, 2.24) is 5.32 Å². The molecule has 6 heteroatoms. The average Bonchev–Trinajstić information content (AvgIpc) is 2.44. The van der Waals surface area contributed by atoms with Crippen molar-refractivity contribution in [3.05, 3.63) is 29.8 Å². The molecular formula is C14H23ClN2O3. The van der Waals surface area contributed by atoms with E-state index < -0.39 is 0 Å². The quantitative estimate of drug-likeness (QED) is 0.678. The summed E-state index contributed by atoms with van der Waals surface area (Å²) >= 11 is 0. The minimum absolute atomic E-state index is 0. The molecule has 0 aliphatic rings. The van der Waals surface area contributed by atoms with Gasteiger partial charge in [-0.15, -0.1) is 12.4 Å². The molecular weight excluding hydrogens is 280 g/mol. The smallest absolute Gasteiger partial charge is 0.220 e. The van der Waals surface area contributed by atoms with Crippen molar-refractivity contribution in [1.29, 1.82) is 0 Å². The Bertz CT molecular complexity index is 388. The summed E-state index contributed by atoms with van der Waals surface area (Å²) in [7, 11) is 1.64. The fraction of sp³-hybridized carbons (Fsp3) is 0.500. The van der Waals surface area contributed by atoms with Gasteiger partial charge in [0.15, 0.2) is 0 Å². The first-order valence-corrected chi connectivity index (χ1v) is 6.43. The number of halogens is 1. The summed E-state index contributed by atoms with van der Waals surface area (Å²) in [6.45, 7) is 2.12. The van der Waals surface area contributed by atoms with Crippen molar-refractivity contribution < 1.29 is 14.3 Å². The molecule has 0 spiro atoms. The van der Waals surface area contributed by atoms with Gasteiger partial charge in [-0.3, -0.25) is 4.79 Å². The van der Waals surface area contributed by atoms with E-state index in [0.717, 1.165) is 11.3 Å². The molecule has 5 nitrogen and oxygen atoms in total. The van der Waals surface area contributed by atoms with E-state index in [1.54, 1.807) is 7.11 Å². The third-order valence-electron chi connectivity index (χ3n) is 2.55. The number of carbonyl (C=O) groups is 1. The second-order valence-corrected chi connectivity index (χ2v) is 4.16. The lowest BCUT2D eigenvalue weighted by Gasteiger charge is -2.08. The Balaban J connectivity index is 0.00000361. The van der Waals surface area contributed by atoms with Gasteiger partial charge in [0.2, 0.25) is 5.91 Å². The van der Waals surface area contributed by atoms with Crippen molar-refractivity contribution in [3.63, 3.8) is 0 Å². The van der Waals surface area contributed by atoms with Crippen LogP contribution >= 0.6 is 12.4 Å². The summed E-state index contributed by atoms with van der Waals surface area (Å²) in [5.74, 6) is 0.807. The SMILES string of the molecule is COCCOc1cccc(CNC(=O)CCCN)c1.Cl. The summed E-state index contributed by atoms with van der Waals surface area (Å²) in [6.07, 6.45) is 1.19. The van der Waals surface area contributed by atoms with E-state index in [1.165, 1.54) is 0 Å². The first-order valence-electron chi connectivity index (χ1n) is 6.43. The second kappa shape index (κ2) is 11.5. The van der Waals surface area contributed by atoms with Crippen molar-refractivity contribution in [2.45, 2.75) is 19.4 Å². The van der Waals surface area contributed by atoms with E-state index >= 15 is 0 Å². The molecule has 0 aliphatic carbocycles. The van der Waals surface area contributed by atoms with Crippen LogP contribution in [0.25, 0.3) is 0 Å². The number of hydrogen-bond acceptors (Lipinski definition) is 4. The number of amides is 1. The molecule has 20 heavy (non-hydrogen) atoms. The van der Waals surface area contributed by atoms with Gasteiger partial charge in [-0.2, -0.15) is 0 Å². The maximum atomic E-state index is 11.5. The molecule has 1 rings (SSSR count). The lowest BCUT2D eigenvalue weighted by molar-refractivity contribution is -0.121. The standard InChI is InChI=1S/C14H22N2O3.ClH/c1-18-8-9-19-13-5-2-4-12(10-13)11-16-14(17)6-3-7-15;/h2,4-5,10H,3,6-9,11,15H2,1H3,(H,16,17);1H. The van der Waals surface area contributed by atoms with E-state index in [9.17, 15) is 4.79 Å². The highest BCUT2D eigenvalue weighted by molar-refractivity contribution is 5.85. The van der Waals surface area contributed by atoms with Gasteiger partial charge < -0.3 is 20.5 Å². The number of ether oxygens (including phenoxy) is 2. The van der Waals surface area contributed by atoms with Gasteiger partial charge in [0.25, 0.3) is 0 Å². The molecule has 0 heterocycles. The highest BCUT2D eigenvalue weighted by Crippen LogP contribution is 2.13. The van der Waals surface area contributed by atoms with E-state index in [2.05, 4.69) is 5.32 Å². The lowest BCUT2D eigenvalue weighted by Crippen LogP contribution is -2.23. The largest absolute Gasteiger partial charge is 0.491 e. The van der Waals surface area contributed by atoms with Crippen LogP contribution in [0.1, 0.15) is 18.4 Å². The van der Waals surface area contributed by atoms with Crippen LogP contribution in [0, 0.1) is 0 Å². The molecule has 0 atom stereocenters. The van der Waals surface area contributed by atoms with Crippen LogP contribution in [0.5, 0.6) is 5.75 Å². The molecule has 0 saturated heterocycles. The number of rotatable bonds is 9. The Hall–Kier alpha value is -1.30. The van der Waals surface area contributed by atoms with Crippen LogP contribution in [-0.4, -0.2) is 32.8 Å². The fourth-order valence-electron chi connectivity index (χ4n) is 1.54. The molecule has 1 amide bonds.